The van der Waals surface area contributed by atoms with Crippen molar-refractivity contribution < 1.29 is 9.47 Å². The van der Waals surface area contributed by atoms with E-state index in [1.807, 2.05) is 6.92 Å². The second kappa shape index (κ2) is 6.45. The van der Waals surface area contributed by atoms with Gasteiger partial charge in [0.1, 0.15) is 11.6 Å². The van der Waals surface area contributed by atoms with Crippen molar-refractivity contribution >= 4 is 16.5 Å². The zero-order valence-corrected chi connectivity index (χ0v) is 12.0. The maximum atomic E-state index is 5.90. The molecule has 1 aromatic heterocycles. The van der Waals surface area contributed by atoms with Gasteiger partial charge in [0, 0.05) is 6.54 Å². The first-order valence-corrected chi connectivity index (χ1v) is 7.32. The smallest absolute Gasteiger partial charge is 0.205 e. The fourth-order valence-electron chi connectivity index (χ4n) is 2.20. The highest BCUT2D eigenvalue weighted by Gasteiger charge is 2.25. The van der Waals surface area contributed by atoms with E-state index in [2.05, 4.69) is 29.4 Å². The van der Waals surface area contributed by atoms with Gasteiger partial charge in [-0.3, -0.25) is 0 Å². The summed E-state index contributed by atoms with van der Waals surface area (Å²) in [4.78, 5) is 0. The molecule has 0 bridgehead atoms. The number of nitrogens with zero attached hydrogens (tertiary/aromatic N) is 2. The van der Waals surface area contributed by atoms with Crippen LogP contribution in [0.25, 0.3) is 0 Å². The van der Waals surface area contributed by atoms with E-state index in [1.54, 1.807) is 11.3 Å². The van der Waals surface area contributed by atoms with Gasteiger partial charge in [0.2, 0.25) is 5.13 Å². The Morgan fingerprint density at radius 1 is 1.33 bits per heavy atom. The molecule has 1 N–H and O–H groups in total. The molecule has 5 nitrogen and oxygen atoms in total. The van der Waals surface area contributed by atoms with E-state index in [1.165, 1.54) is 0 Å². The fourth-order valence-corrected chi connectivity index (χ4v) is 2.93. The maximum absolute atomic E-state index is 5.90. The van der Waals surface area contributed by atoms with Crippen LogP contribution in [0.3, 0.4) is 0 Å². The third-order valence-corrected chi connectivity index (χ3v) is 3.75. The van der Waals surface area contributed by atoms with Crippen molar-refractivity contribution in [1.29, 1.82) is 0 Å². The van der Waals surface area contributed by atoms with E-state index in [-0.39, 0.29) is 18.3 Å². The van der Waals surface area contributed by atoms with Crippen molar-refractivity contribution in [1.82, 2.24) is 10.2 Å². The van der Waals surface area contributed by atoms with E-state index in [4.69, 9.17) is 9.47 Å². The molecule has 0 spiro atoms. The Morgan fingerprint density at radius 3 is 2.72 bits per heavy atom. The summed E-state index contributed by atoms with van der Waals surface area (Å²) in [7, 11) is 0. The zero-order chi connectivity index (χ0) is 13.0. The number of hydrogen-bond donors (Lipinski definition) is 1. The molecule has 1 aromatic rings. The molecule has 1 aliphatic heterocycles. The number of hydrogen-bond acceptors (Lipinski definition) is 6. The Kier molecular flexibility index (Phi) is 4.91. The van der Waals surface area contributed by atoms with Crippen molar-refractivity contribution in [3.05, 3.63) is 5.01 Å². The molecule has 18 heavy (non-hydrogen) atoms. The van der Waals surface area contributed by atoms with Crippen LogP contribution in [0.5, 0.6) is 0 Å². The van der Waals surface area contributed by atoms with Gasteiger partial charge in [-0.2, -0.15) is 0 Å². The van der Waals surface area contributed by atoms with Gasteiger partial charge in [-0.1, -0.05) is 11.3 Å². The lowest BCUT2D eigenvalue weighted by Crippen LogP contribution is -2.33. The minimum absolute atomic E-state index is 0.273. The lowest BCUT2D eigenvalue weighted by atomic mass is 10.0. The van der Waals surface area contributed by atoms with E-state index < -0.39 is 0 Å². The molecular weight excluding hydrogens is 250 g/mol. The molecule has 102 valence electrons. The number of ether oxygens (including phenoxy) is 2. The summed E-state index contributed by atoms with van der Waals surface area (Å²) in [6, 6.07) is 0. The Hall–Kier alpha value is -0.720. The third kappa shape index (κ3) is 3.90. The van der Waals surface area contributed by atoms with Gasteiger partial charge in [-0.25, -0.2) is 0 Å². The molecule has 0 amide bonds. The predicted molar refractivity (Wildman–Crippen MR) is 71.9 cm³/mol. The first-order chi connectivity index (χ1) is 8.67. The zero-order valence-electron chi connectivity index (χ0n) is 11.2. The van der Waals surface area contributed by atoms with Crippen LogP contribution >= 0.6 is 11.3 Å². The molecular formula is C12H21N3O2S. The monoisotopic (exact) mass is 271 g/mol. The highest BCUT2D eigenvalue weighted by atomic mass is 32.1. The molecule has 6 heteroatoms. The van der Waals surface area contributed by atoms with Crippen LogP contribution in [0.4, 0.5) is 5.13 Å². The van der Waals surface area contributed by atoms with Crippen LogP contribution in [0.15, 0.2) is 0 Å². The van der Waals surface area contributed by atoms with Crippen molar-refractivity contribution in [2.75, 3.05) is 11.9 Å². The van der Waals surface area contributed by atoms with Crippen LogP contribution in [-0.2, 0) is 16.1 Å². The van der Waals surface area contributed by atoms with E-state index in [0.717, 1.165) is 29.5 Å². The van der Waals surface area contributed by atoms with Gasteiger partial charge in [-0.15, -0.1) is 10.2 Å². The fraction of sp³-hybridized carbons (Fsp3) is 0.833. The van der Waals surface area contributed by atoms with Gasteiger partial charge in [-0.05, 0) is 33.6 Å². The molecule has 0 saturated carbocycles. The summed E-state index contributed by atoms with van der Waals surface area (Å²) in [6.45, 7) is 7.65. The average molecular weight is 271 g/mol. The molecule has 1 fully saturated rings. The third-order valence-electron chi connectivity index (χ3n) is 2.89. The minimum Gasteiger partial charge on any atom is -0.375 e. The summed E-state index contributed by atoms with van der Waals surface area (Å²) in [5, 5.41) is 13.1. The van der Waals surface area contributed by atoms with Gasteiger partial charge in [0.05, 0.1) is 18.3 Å². The number of nitrogens with one attached hydrogen (secondary N) is 1. The van der Waals surface area contributed by atoms with Crippen molar-refractivity contribution in [2.45, 2.75) is 58.5 Å². The number of aromatic nitrogens is 2. The first kappa shape index (κ1) is 13.7. The second-order valence-corrected chi connectivity index (χ2v) is 5.76. The Labute approximate surface area is 112 Å². The summed E-state index contributed by atoms with van der Waals surface area (Å²) < 4.78 is 11.6. The summed E-state index contributed by atoms with van der Waals surface area (Å²) >= 11 is 1.56. The van der Waals surface area contributed by atoms with Crippen molar-refractivity contribution in [3.63, 3.8) is 0 Å². The van der Waals surface area contributed by atoms with Gasteiger partial charge in [0.25, 0.3) is 0 Å². The van der Waals surface area contributed by atoms with E-state index >= 15 is 0 Å². The molecule has 2 unspecified atom stereocenters. The molecule has 1 aliphatic rings. The van der Waals surface area contributed by atoms with Crippen LogP contribution in [0, 0.1) is 0 Å². The molecule has 2 rings (SSSR count). The number of rotatable bonds is 5. The molecule has 0 radical (unpaired) electrons. The van der Waals surface area contributed by atoms with Crippen LogP contribution < -0.4 is 5.32 Å². The lowest BCUT2D eigenvalue weighted by molar-refractivity contribution is -0.106. The standard InChI is InChI=1S/C12H21N3O2S/c1-4-13-12-15-14-11(18-12)7-16-10-5-8(2)17-9(3)6-10/h8-10H,4-7H2,1-3H3,(H,13,15). The molecule has 0 aliphatic carbocycles. The highest BCUT2D eigenvalue weighted by Crippen LogP contribution is 2.23. The largest absolute Gasteiger partial charge is 0.375 e. The summed E-state index contributed by atoms with van der Waals surface area (Å²) in [6.07, 6.45) is 2.76. The molecule has 2 atom stereocenters. The molecule has 2 heterocycles. The molecule has 0 aromatic carbocycles. The van der Waals surface area contributed by atoms with Gasteiger partial charge < -0.3 is 14.8 Å². The highest BCUT2D eigenvalue weighted by molar-refractivity contribution is 7.15. The van der Waals surface area contributed by atoms with E-state index in [0.29, 0.717) is 6.61 Å². The van der Waals surface area contributed by atoms with Crippen molar-refractivity contribution in [3.8, 4) is 0 Å². The van der Waals surface area contributed by atoms with Crippen LogP contribution in [0.1, 0.15) is 38.6 Å². The van der Waals surface area contributed by atoms with Crippen LogP contribution in [0.2, 0.25) is 0 Å². The Balaban J connectivity index is 1.79. The second-order valence-electron chi connectivity index (χ2n) is 4.69. The summed E-state index contributed by atoms with van der Waals surface area (Å²) in [5.41, 5.74) is 0. The quantitative estimate of drug-likeness (QED) is 0.891. The SMILES string of the molecule is CCNc1nnc(COC2CC(C)OC(C)C2)s1. The maximum Gasteiger partial charge on any atom is 0.205 e. The Bertz CT molecular complexity index is 362. The topological polar surface area (TPSA) is 56.3 Å². The minimum atomic E-state index is 0.273. The average Bonchev–Trinajstić information content (AvgIpc) is 2.74. The summed E-state index contributed by atoms with van der Waals surface area (Å²) in [5.74, 6) is 0. The first-order valence-electron chi connectivity index (χ1n) is 6.50. The Morgan fingerprint density at radius 2 is 2.06 bits per heavy atom. The molecule has 1 saturated heterocycles. The van der Waals surface area contributed by atoms with Crippen LogP contribution in [-0.4, -0.2) is 35.1 Å². The van der Waals surface area contributed by atoms with Gasteiger partial charge in [0.15, 0.2) is 0 Å². The lowest BCUT2D eigenvalue weighted by Gasteiger charge is -2.31. The van der Waals surface area contributed by atoms with Gasteiger partial charge >= 0.3 is 0 Å². The van der Waals surface area contributed by atoms with Crippen molar-refractivity contribution in [2.24, 2.45) is 0 Å². The normalized spacial score (nSPS) is 28.3. The van der Waals surface area contributed by atoms with E-state index in [9.17, 15) is 0 Å². The predicted octanol–water partition coefficient (Wildman–Crippen LogP) is 2.44. The number of anilines is 1.